The third-order valence-electron chi connectivity index (χ3n) is 3.97. The minimum absolute atomic E-state index is 0.0250. The van der Waals surface area contributed by atoms with Crippen molar-refractivity contribution in [3.05, 3.63) is 68.7 Å². The van der Waals surface area contributed by atoms with Gasteiger partial charge >= 0.3 is 0 Å². The van der Waals surface area contributed by atoms with Gasteiger partial charge in [-0.15, -0.1) is 0 Å². The number of hydrogen-bond donors (Lipinski definition) is 1. The van der Waals surface area contributed by atoms with E-state index in [1.807, 2.05) is 24.3 Å². The summed E-state index contributed by atoms with van der Waals surface area (Å²) in [6.45, 7) is 0.640. The molecule has 1 aliphatic rings. The molecule has 0 aromatic heterocycles. The Labute approximate surface area is 142 Å². The van der Waals surface area contributed by atoms with Crippen molar-refractivity contribution >= 4 is 27.3 Å². The van der Waals surface area contributed by atoms with Crippen molar-refractivity contribution in [1.82, 2.24) is 0 Å². The van der Waals surface area contributed by atoms with Crippen LogP contribution in [0, 0.1) is 10.1 Å². The summed E-state index contributed by atoms with van der Waals surface area (Å²) in [6.07, 6.45) is 1.64. The van der Waals surface area contributed by atoms with E-state index in [2.05, 4.69) is 33.4 Å². The van der Waals surface area contributed by atoms with Gasteiger partial charge in [0.05, 0.1) is 11.0 Å². The van der Waals surface area contributed by atoms with Crippen LogP contribution in [0.25, 0.3) is 0 Å². The molecule has 2 aromatic carbocycles. The summed E-state index contributed by atoms with van der Waals surface area (Å²) in [5.74, 6) is 0. The van der Waals surface area contributed by atoms with E-state index in [0.717, 1.165) is 18.4 Å². The molecule has 2 atom stereocenters. The summed E-state index contributed by atoms with van der Waals surface area (Å²) in [5.41, 5.74) is 1.78. The number of rotatable bonds is 4. The van der Waals surface area contributed by atoms with E-state index < -0.39 is 0 Å². The van der Waals surface area contributed by atoms with Crippen molar-refractivity contribution < 1.29 is 9.66 Å². The van der Waals surface area contributed by atoms with Gasteiger partial charge in [0.15, 0.2) is 0 Å². The minimum atomic E-state index is -0.360. The number of nitrogens with one attached hydrogen (secondary N) is 1. The van der Waals surface area contributed by atoms with Crippen LogP contribution in [0.2, 0.25) is 0 Å². The lowest BCUT2D eigenvalue weighted by atomic mass is 9.97. The maximum Gasteiger partial charge on any atom is 0.293 e. The highest BCUT2D eigenvalue weighted by Crippen LogP contribution is 2.33. The Kier molecular flexibility index (Phi) is 4.93. The molecule has 3 rings (SSSR count). The standard InChI is InChI=1S/C17H17BrN2O3/c18-13-6-7-15(16(10-13)20(21)22)19-14-8-9-23-17(11-14)12-4-2-1-3-5-12/h1-7,10,14,17,19H,8-9,11H2. The summed E-state index contributed by atoms with van der Waals surface area (Å²) in [5, 5.41) is 14.5. The molecule has 1 N–H and O–H groups in total. The van der Waals surface area contributed by atoms with Crippen LogP contribution in [0.5, 0.6) is 0 Å². The van der Waals surface area contributed by atoms with Crippen LogP contribution in [-0.4, -0.2) is 17.6 Å². The Balaban J connectivity index is 1.74. The SMILES string of the molecule is O=[N+]([O-])c1cc(Br)ccc1NC1CCOC(c2ccccc2)C1. The van der Waals surface area contributed by atoms with Crippen LogP contribution in [0.4, 0.5) is 11.4 Å². The lowest BCUT2D eigenvalue weighted by molar-refractivity contribution is -0.384. The number of benzene rings is 2. The van der Waals surface area contributed by atoms with Crippen molar-refractivity contribution in [2.45, 2.75) is 25.0 Å². The Morgan fingerprint density at radius 3 is 2.74 bits per heavy atom. The average Bonchev–Trinajstić information content (AvgIpc) is 2.57. The zero-order valence-corrected chi connectivity index (χ0v) is 14.0. The molecule has 0 aliphatic carbocycles. The maximum atomic E-state index is 11.2. The molecule has 0 radical (unpaired) electrons. The first-order valence-corrected chi connectivity index (χ1v) is 8.30. The molecule has 0 spiro atoms. The van der Waals surface area contributed by atoms with Crippen molar-refractivity contribution in [2.24, 2.45) is 0 Å². The summed E-state index contributed by atoms with van der Waals surface area (Å²) in [6, 6.07) is 15.3. The van der Waals surface area contributed by atoms with Gasteiger partial charge in [-0.25, -0.2) is 0 Å². The third-order valence-corrected chi connectivity index (χ3v) is 4.46. The largest absolute Gasteiger partial charge is 0.377 e. The van der Waals surface area contributed by atoms with Crippen LogP contribution in [0.1, 0.15) is 24.5 Å². The summed E-state index contributed by atoms with van der Waals surface area (Å²) >= 11 is 3.28. The first-order chi connectivity index (χ1) is 11.1. The fourth-order valence-electron chi connectivity index (χ4n) is 2.83. The highest BCUT2D eigenvalue weighted by Gasteiger charge is 2.25. The van der Waals surface area contributed by atoms with Gasteiger partial charge in [0.2, 0.25) is 0 Å². The molecule has 1 saturated heterocycles. The minimum Gasteiger partial charge on any atom is -0.377 e. The van der Waals surface area contributed by atoms with Crippen LogP contribution in [0.3, 0.4) is 0 Å². The monoisotopic (exact) mass is 376 g/mol. The zero-order valence-electron chi connectivity index (χ0n) is 12.4. The van der Waals surface area contributed by atoms with Gasteiger partial charge in [-0.05, 0) is 30.5 Å². The van der Waals surface area contributed by atoms with E-state index in [1.165, 1.54) is 6.07 Å². The highest BCUT2D eigenvalue weighted by molar-refractivity contribution is 9.10. The Bertz CT molecular complexity index is 693. The van der Waals surface area contributed by atoms with Crippen LogP contribution in [-0.2, 0) is 4.74 Å². The van der Waals surface area contributed by atoms with E-state index in [4.69, 9.17) is 4.74 Å². The van der Waals surface area contributed by atoms with E-state index in [0.29, 0.717) is 16.8 Å². The second-order valence-corrected chi connectivity index (χ2v) is 6.47. The second-order valence-electron chi connectivity index (χ2n) is 5.55. The molecule has 1 fully saturated rings. The predicted octanol–water partition coefficient (Wildman–Crippen LogP) is 4.69. The number of ether oxygens (including phenoxy) is 1. The molecule has 1 heterocycles. The fraction of sp³-hybridized carbons (Fsp3) is 0.294. The molecule has 1 aliphatic heterocycles. The number of nitro groups is 1. The third kappa shape index (κ3) is 3.89. The van der Waals surface area contributed by atoms with Crippen molar-refractivity contribution in [3.63, 3.8) is 0 Å². The predicted molar refractivity (Wildman–Crippen MR) is 92.6 cm³/mol. The summed E-state index contributed by atoms with van der Waals surface area (Å²) in [7, 11) is 0. The number of nitrogens with zero attached hydrogens (tertiary/aromatic N) is 1. The molecule has 0 bridgehead atoms. The highest BCUT2D eigenvalue weighted by atomic mass is 79.9. The fourth-order valence-corrected chi connectivity index (χ4v) is 3.17. The summed E-state index contributed by atoms with van der Waals surface area (Å²) < 4.78 is 6.55. The quantitative estimate of drug-likeness (QED) is 0.620. The topological polar surface area (TPSA) is 64.4 Å². The average molecular weight is 377 g/mol. The maximum absolute atomic E-state index is 11.2. The van der Waals surface area contributed by atoms with Crippen LogP contribution >= 0.6 is 15.9 Å². The lowest BCUT2D eigenvalue weighted by Gasteiger charge is -2.31. The first-order valence-electron chi connectivity index (χ1n) is 7.50. The van der Waals surface area contributed by atoms with Gasteiger partial charge in [-0.1, -0.05) is 46.3 Å². The molecule has 6 heteroatoms. The van der Waals surface area contributed by atoms with Crippen LogP contribution < -0.4 is 5.32 Å². The molecular weight excluding hydrogens is 360 g/mol. The molecule has 23 heavy (non-hydrogen) atoms. The Hall–Kier alpha value is -1.92. The summed E-state index contributed by atoms with van der Waals surface area (Å²) in [4.78, 5) is 10.9. The van der Waals surface area contributed by atoms with E-state index in [1.54, 1.807) is 6.07 Å². The van der Waals surface area contributed by atoms with Gasteiger partial charge in [-0.3, -0.25) is 10.1 Å². The Morgan fingerprint density at radius 1 is 1.22 bits per heavy atom. The number of halogens is 1. The molecule has 2 unspecified atom stereocenters. The normalized spacial score (nSPS) is 20.9. The molecule has 0 amide bonds. The van der Waals surface area contributed by atoms with E-state index >= 15 is 0 Å². The molecule has 2 aromatic rings. The van der Waals surface area contributed by atoms with Gasteiger partial charge in [0.1, 0.15) is 5.69 Å². The van der Waals surface area contributed by atoms with Gasteiger partial charge in [0, 0.05) is 23.2 Å². The van der Waals surface area contributed by atoms with Gasteiger partial charge in [0.25, 0.3) is 5.69 Å². The molecule has 120 valence electrons. The van der Waals surface area contributed by atoms with Crippen molar-refractivity contribution in [1.29, 1.82) is 0 Å². The smallest absolute Gasteiger partial charge is 0.293 e. The van der Waals surface area contributed by atoms with Gasteiger partial charge in [-0.2, -0.15) is 0 Å². The van der Waals surface area contributed by atoms with E-state index in [9.17, 15) is 10.1 Å². The lowest BCUT2D eigenvalue weighted by Crippen LogP contribution is -2.30. The number of hydrogen-bond acceptors (Lipinski definition) is 4. The second kappa shape index (κ2) is 7.10. The van der Waals surface area contributed by atoms with Crippen molar-refractivity contribution in [3.8, 4) is 0 Å². The van der Waals surface area contributed by atoms with Gasteiger partial charge < -0.3 is 10.1 Å². The van der Waals surface area contributed by atoms with E-state index in [-0.39, 0.29) is 22.8 Å². The molecular formula is C17H17BrN2O3. The number of anilines is 1. The van der Waals surface area contributed by atoms with Crippen molar-refractivity contribution in [2.75, 3.05) is 11.9 Å². The first kappa shape index (κ1) is 16.0. The number of nitro benzene ring substituents is 1. The van der Waals surface area contributed by atoms with Crippen LogP contribution in [0.15, 0.2) is 53.0 Å². The zero-order chi connectivity index (χ0) is 16.2. The molecule has 5 nitrogen and oxygen atoms in total. The Morgan fingerprint density at radius 2 is 2.00 bits per heavy atom. The molecule has 0 saturated carbocycles.